The predicted octanol–water partition coefficient (Wildman–Crippen LogP) is 3.83. The lowest BCUT2D eigenvalue weighted by Crippen LogP contribution is -2.60. The fourth-order valence-corrected chi connectivity index (χ4v) is 8.66. The summed E-state index contributed by atoms with van der Waals surface area (Å²) in [5.41, 5.74) is 0.0248. The summed E-state index contributed by atoms with van der Waals surface area (Å²) in [7, 11) is -3.56. The Balaban J connectivity index is 1.20. The minimum atomic E-state index is -3.56. The van der Waals surface area contributed by atoms with Crippen LogP contribution in [0, 0.1) is 23.7 Å². The maximum absolute atomic E-state index is 12.9. The summed E-state index contributed by atoms with van der Waals surface area (Å²) >= 11 is 5.97. The van der Waals surface area contributed by atoms with Crippen molar-refractivity contribution in [3.05, 3.63) is 29.3 Å². The van der Waals surface area contributed by atoms with Gasteiger partial charge in [0, 0.05) is 30.1 Å². The molecule has 1 saturated heterocycles. The first-order chi connectivity index (χ1) is 13.8. The van der Waals surface area contributed by atoms with Gasteiger partial charge in [-0.3, -0.25) is 4.79 Å². The smallest absolute Gasteiger partial charge is 0.243 e. The Morgan fingerprint density at radius 1 is 1.14 bits per heavy atom. The molecule has 0 spiro atoms. The highest BCUT2D eigenvalue weighted by molar-refractivity contribution is 7.89. The number of carbonyl (C=O) groups is 1. The molecule has 5 aliphatic rings. The molecular weight excluding hydrogens is 408 g/mol. The van der Waals surface area contributed by atoms with Gasteiger partial charge in [-0.1, -0.05) is 17.7 Å². The number of rotatable bonds is 5. The second-order valence-electron chi connectivity index (χ2n) is 9.93. The Labute approximate surface area is 178 Å². The molecule has 1 aromatic carbocycles. The van der Waals surface area contributed by atoms with Gasteiger partial charge in [0.05, 0.1) is 4.90 Å². The van der Waals surface area contributed by atoms with Crippen LogP contribution in [0.2, 0.25) is 5.02 Å². The predicted molar refractivity (Wildman–Crippen MR) is 112 cm³/mol. The fraction of sp³-hybridized carbons (Fsp3) is 0.682. The molecule has 4 saturated carbocycles. The molecule has 1 heterocycles. The second-order valence-corrected chi connectivity index (χ2v) is 12.3. The van der Waals surface area contributed by atoms with Crippen LogP contribution in [-0.2, 0) is 14.8 Å². The molecule has 4 aliphatic carbocycles. The summed E-state index contributed by atoms with van der Waals surface area (Å²) in [6.07, 6.45) is 8.65. The summed E-state index contributed by atoms with van der Waals surface area (Å²) in [5.74, 6) is 2.58. The highest BCUT2D eigenvalue weighted by atomic mass is 35.5. The quantitative estimate of drug-likeness (QED) is 0.762. The fourth-order valence-electron chi connectivity index (χ4n) is 6.83. The Bertz CT molecular complexity index is 881. The van der Waals surface area contributed by atoms with Gasteiger partial charge >= 0.3 is 0 Å². The molecule has 1 N–H and O–H groups in total. The lowest BCUT2D eigenvalue weighted by molar-refractivity contribution is -0.127. The zero-order chi connectivity index (χ0) is 20.2. The Kier molecular flexibility index (Phi) is 4.95. The highest BCUT2D eigenvalue weighted by Gasteiger charge is 2.51. The molecule has 1 aromatic rings. The number of nitrogens with one attached hydrogen (secondary N) is 1. The number of sulfonamides is 1. The number of halogens is 1. The molecule has 158 valence electrons. The van der Waals surface area contributed by atoms with Crippen LogP contribution in [0.3, 0.4) is 0 Å². The van der Waals surface area contributed by atoms with Gasteiger partial charge in [-0.25, -0.2) is 8.42 Å². The van der Waals surface area contributed by atoms with Crippen molar-refractivity contribution in [2.45, 2.75) is 61.8 Å². The van der Waals surface area contributed by atoms with Gasteiger partial charge in [-0.05, 0) is 86.8 Å². The van der Waals surface area contributed by atoms with Crippen LogP contribution in [0.25, 0.3) is 0 Å². The molecular formula is C22H29ClN2O3S. The Morgan fingerprint density at radius 2 is 1.79 bits per heavy atom. The molecule has 0 radical (unpaired) electrons. The summed E-state index contributed by atoms with van der Waals surface area (Å²) in [6, 6.07) is 6.39. The van der Waals surface area contributed by atoms with Gasteiger partial charge in [-0.2, -0.15) is 4.31 Å². The standard InChI is InChI=1S/C22H29ClN2O3S/c23-19-2-1-3-20(10-19)29(27,28)25-5-4-15(14-25)9-21(26)24-22-11-16-6-17(12-22)8-18(7-16)13-22/h1-3,10,15-18H,4-9,11-14H2,(H,24,26). The maximum Gasteiger partial charge on any atom is 0.243 e. The monoisotopic (exact) mass is 436 g/mol. The van der Waals surface area contributed by atoms with Gasteiger partial charge in [0.25, 0.3) is 0 Å². The van der Waals surface area contributed by atoms with Crippen molar-refractivity contribution >= 4 is 27.5 Å². The average Bonchev–Trinajstić information content (AvgIpc) is 3.09. The van der Waals surface area contributed by atoms with Crippen LogP contribution in [0.1, 0.15) is 51.4 Å². The number of hydrogen-bond acceptors (Lipinski definition) is 3. The van der Waals surface area contributed by atoms with E-state index in [0.717, 1.165) is 43.4 Å². The molecule has 29 heavy (non-hydrogen) atoms. The summed E-state index contributed by atoms with van der Waals surface area (Å²) in [6.45, 7) is 0.868. The largest absolute Gasteiger partial charge is 0.351 e. The van der Waals surface area contributed by atoms with Crippen molar-refractivity contribution in [1.29, 1.82) is 0 Å². The van der Waals surface area contributed by atoms with Crippen LogP contribution in [0.4, 0.5) is 0 Å². The van der Waals surface area contributed by atoms with Gasteiger partial charge in [0.1, 0.15) is 0 Å². The molecule has 5 nitrogen and oxygen atoms in total. The number of hydrogen-bond donors (Lipinski definition) is 1. The van der Waals surface area contributed by atoms with Crippen molar-refractivity contribution in [2.24, 2.45) is 23.7 Å². The molecule has 7 heteroatoms. The van der Waals surface area contributed by atoms with Gasteiger partial charge < -0.3 is 5.32 Å². The van der Waals surface area contributed by atoms with E-state index < -0.39 is 10.0 Å². The molecule has 1 aliphatic heterocycles. The first kappa shape index (κ1) is 19.8. The Hall–Kier alpha value is -1.11. The van der Waals surface area contributed by atoms with Crippen molar-refractivity contribution in [1.82, 2.24) is 9.62 Å². The molecule has 4 bridgehead atoms. The first-order valence-corrected chi connectivity index (χ1v) is 12.7. The van der Waals surface area contributed by atoms with E-state index in [9.17, 15) is 13.2 Å². The molecule has 1 amide bonds. The molecule has 6 rings (SSSR count). The van der Waals surface area contributed by atoms with Gasteiger partial charge in [0.15, 0.2) is 0 Å². The van der Waals surface area contributed by atoms with Crippen molar-refractivity contribution in [2.75, 3.05) is 13.1 Å². The summed E-state index contributed by atoms with van der Waals surface area (Å²) in [4.78, 5) is 13.1. The number of nitrogens with zero attached hydrogens (tertiary/aromatic N) is 1. The SMILES string of the molecule is O=C(CC1CCN(S(=O)(=O)c2cccc(Cl)c2)C1)NC12CC3CC(CC(C3)C1)C2. The van der Waals surface area contributed by atoms with E-state index in [1.807, 2.05) is 0 Å². The van der Waals surface area contributed by atoms with Crippen molar-refractivity contribution in [3.63, 3.8) is 0 Å². The van der Waals surface area contributed by atoms with E-state index in [1.165, 1.54) is 29.6 Å². The topological polar surface area (TPSA) is 66.5 Å². The number of carbonyl (C=O) groups excluding carboxylic acids is 1. The highest BCUT2D eigenvalue weighted by Crippen LogP contribution is 2.55. The maximum atomic E-state index is 12.9. The van der Waals surface area contributed by atoms with Gasteiger partial charge in [-0.15, -0.1) is 0 Å². The van der Waals surface area contributed by atoms with E-state index in [0.29, 0.717) is 24.5 Å². The number of amides is 1. The normalized spacial score (nSPS) is 36.4. The molecule has 5 fully saturated rings. The zero-order valence-electron chi connectivity index (χ0n) is 16.6. The molecule has 1 unspecified atom stereocenters. The summed E-state index contributed by atoms with van der Waals surface area (Å²) < 4.78 is 27.3. The second kappa shape index (κ2) is 7.24. The Morgan fingerprint density at radius 3 is 2.41 bits per heavy atom. The third-order valence-corrected chi connectivity index (χ3v) is 9.70. The number of benzene rings is 1. The average molecular weight is 437 g/mol. The van der Waals surface area contributed by atoms with Crippen LogP contribution >= 0.6 is 11.6 Å². The van der Waals surface area contributed by atoms with Crippen LogP contribution in [0.15, 0.2) is 29.2 Å². The van der Waals surface area contributed by atoms with Crippen LogP contribution < -0.4 is 5.32 Å². The van der Waals surface area contributed by atoms with Crippen molar-refractivity contribution in [3.8, 4) is 0 Å². The van der Waals surface area contributed by atoms with E-state index >= 15 is 0 Å². The molecule has 0 aromatic heterocycles. The van der Waals surface area contributed by atoms with Crippen LogP contribution in [-0.4, -0.2) is 37.3 Å². The summed E-state index contributed by atoms with van der Waals surface area (Å²) in [5, 5.41) is 3.83. The minimum absolute atomic E-state index is 0.0248. The van der Waals surface area contributed by atoms with Gasteiger partial charge in [0.2, 0.25) is 15.9 Å². The van der Waals surface area contributed by atoms with E-state index in [-0.39, 0.29) is 22.3 Å². The van der Waals surface area contributed by atoms with E-state index in [1.54, 1.807) is 18.2 Å². The third-order valence-electron chi connectivity index (χ3n) is 7.60. The molecule has 1 atom stereocenters. The third kappa shape index (κ3) is 3.84. The van der Waals surface area contributed by atoms with Crippen molar-refractivity contribution < 1.29 is 13.2 Å². The lowest BCUT2D eigenvalue weighted by Gasteiger charge is -2.57. The first-order valence-electron chi connectivity index (χ1n) is 10.9. The zero-order valence-corrected chi connectivity index (χ0v) is 18.2. The minimum Gasteiger partial charge on any atom is -0.351 e. The van der Waals surface area contributed by atoms with E-state index in [4.69, 9.17) is 11.6 Å². The van der Waals surface area contributed by atoms with Crippen LogP contribution in [0.5, 0.6) is 0 Å². The van der Waals surface area contributed by atoms with E-state index in [2.05, 4.69) is 5.32 Å². The lowest BCUT2D eigenvalue weighted by atomic mass is 9.53.